The molecule has 5 rings (SSSR count). The molecular formula is C37H59NO7. The van der Waals surface area contributed by atoms with Gasteiger partial charge in [-0.25, -0.2) is 0 Å². The summed E-state index contributed by atoms with van der Waals surface area (Å²) in [6.45, 7) is 22.2. The van der Waals surface area contributed by atoms with Crippen LogP contribution >= 0.6 is 0 Å². The summed E-state index contributed by atoms with van der Waals surface area (Å²) in [6, 6.07) is 0.141. The third kappa shape index (κ3) is 5.10. The van der Waals surface area contributed by atoms with Crippen LogP contribution in [0.4, 0.5) is 0 Å². The highest BCUT2D eigenvalue weighted by Crippen LogP contribution is 2.75. The van der Waals surface area contributed by atoms with E-state index < -0.39 is 34.9 Å². The minimum absolute atomic E-state index is 0.0942. The second-order valence-electron chi connectivity index (χ2n) is 17.1. The summed E-state index contributed by atoms with van der Waals surface area (Å²) in [5, 5.41) is 14.1. The number of carboxylic acids is 1. The van der Waals surface area contributed by atoms with Gasteiger partial charge < -0.3 is 24.6 Å². The molecule has 0 aromatic rings. The molecule has 254 valence electrons. The lowest BCUT2D eigenvalue weighted by Gasteiger charge is -2.71. The average molecular weight is 630 g/mol. The molecule has 0 aromatic carbocycles. The number of ether oxygens (including phenoxy) is 3. The standard InChI is InChI=1S/C37H59NO7/c1-21(2)23(5)33(7)15-16-35(9)25-11-12-28-34(8)19-43-20-37(28,26(25)13-14-36(35,10)30(33)32(41)42)17-27(44-24(6)39)31(34)45-29(40)18-38-22(3)4/h13,21-23,25,27-28,30-31,38H,11-12,14-20H2,1-10H3,(H,41,42)/t23-,25+,27-,28+,30-,31+,33-,34+,35-,36+,37-/m1/s1. The van der Waals surface area contributed by atoms with Gasteiger partial charge in [-0.2, -0.15) is 0 Å². The Morgan fingerprint density at radius 2 is 1.69 bits per heavy atom. The Hall–Kier alpha value is -1.93. The molecule has 8 nitrogen and oxygen atoms in total. The van der Waals surface area contributed by atoms with E-state index in [9.17, 15) is 19.5 Å². The van der Waals surface area contributed by atoms with Gasteiger partial charge in [-0.3, -0.25) is 14.4 Å². The van der Waals surface area contributed by atoms with Crippen molar-refractivity contribution in [2.45, 2.75) is 126 Å². The minimum atomic E-state index is -0.667. The van der Waals surface area contributed by atoms with Gasteiger partial charge >= 0.3 is 17.9 Å². The summed E-state index contributed by atoms with van der Waals surface area (Å²) in [7, 11) is 0. The lowest BCUT2D eigenvalue weighted by atomic mass is 9.34. The van der Waals surface area contributed by atoms with Crippen LogP contribution in [0.25, 0.3) is 0 Å². The van der Waals surface area contributed by atoms with Gasteiger partial charge in [0.15, 0.2) is 0 Å². The van der Waals surface area contributed by atoms with Crippen molar-refractivity contribution in [1.82, 2.24) is 5.32 Å². The molecule has 2 bridgehead atoms. The van der Waals surface area contributed by atoms with E-state index in [2.05, 4.69) is 59.9 Å². The normalized spacial score (nSPS) is 44.6. The number of hydrogen-bond donors (Lipinski definition) is 2. The largest absolute Gasteiger partial charge is 0.481 e. The van der Waals surface area contributed by atoms with Crippen LogP contribution in [0.2, 0.25) is 0 Å². The van der Waals surface area contributed by atoms with Crippen LogP contribution in [0, 0.1) is 56.7 Å². The number of fused-ring (bicyclic) bond motifs is 3. The Morgan fingerprint density at radius 3 is 2.29 bits per heavy atom. The number of carboxylic acid groups (broad SMARTS) is 1. The van der Waals surface area contributed by atoms with Crippen molar-refractivity contribution in [1.29, 1.82) is 0 Å². The van der Waals surface area contributed by atoms with Gasteiger partial charge in [0.05, 0.1) is 25.7 Å². The number of rotatable bonds is 8. The summed E-state index contributed by atoms with van der Waals surface area (Å²) in [6.07, 6.45) is 6.24. The Balaban J connectivity index is 1.56. The Kier molecular flexibility index (Phi) is 8.90. The van der Waals surface area contributed by atoms with Crippen molar-refractivity contribution in [3.05, 3.63) is 11.6 Å². The molecule has 8 heteroatoms. The second kappa shape index (κ2) is 11.6. The fourth-order valence-electron chi connectivity index (χ4n) is 11.6. The molecule has 5 aliphatic rings. The van der Waals surface area contributed by atoms with Crippen LogP contribution in [0.5, 0.6) is 0 Å². The van der Waals surface area contributed by atoms with E-state index in [1.165, 1.54) is 12.5 Å². The number of allylic oxidation sites excluding steroid dienone is 1. The Labute approximate surface area is 270 Å². The van der Waals surface area contributed by atoms with E-state index in [4.69, 9.17) is 14.2 Å². The van der Waals surface area contributed by atoms with Crippen LogP contribution in [0.15, 0.2) is 11.6 Å². The van der Waals surface area contributed by atoms with Gasteiger partial charge in [0.2, 0.25) is 0 Å². The number of aliphatic carboxylic acids is 1. The molecule has 4 fully saturated rings. The fraction of sp³-hybridized carbons (Fsp3) is 0.865. The van der Waals surface area contributed by atoms with Gasteiger partial charge in [-0.05, 0) is 78.4 Å². The monoisotopic (exact) mass is 629 g/mol. The van der Waals surface area contributed by atoms with Gasteiger partial charge in [0.25, 0.3) is 0 Å². The molecule has 0 unspecified atom stereocenters. The van der Waals surface area contributed by atoms with E-state index in [0.717, 1.165) is 25.7 Å². The first-order valence-electron chi connectivity index (χ1n) is 17.5. The zero-order chi connectivity index (χ0) is 33.3. The van der Waals surface area contributed by atoms with Gasteiger partial charge in [0.1, 0.15) is 12.2 Å². The van der Waals surface area contributed by atoms with Crippen molar-refractivity contribution in [3.63, 3.8) is 0 Å². The lowest BCUT2D eigenvalue weighted by Crippen LogP contribution is -2.70. The second-order valence-corrected chi connectivity index (χ2v) is 17.1. The van der Waals surface area contributed by atoms with Crippen molar-refractivity contribution >= 4 is 17.9 Å². The maximum absolute atomic E-state index is 13.3. The molecule has 0 radical (unpaired) electrons. The van der Waals surface area contributed by atoms with Crippen molar-refractivity contribution < 1.29 is 33.7 Å². The lowest BCUT2D eigenvalue weighted by molar-refractivity contribution is -0.262. The summed E-state index contributed by atoms with van der Waals surface area (Å²) in [4.78, 5) is 38.9. The van der Waals surface area contributed by atoms with E-state index in [-0.39, 0.29) is 58.5 Å². The molecular weight excluding hydrogens is 570 g/mol. The maximum atomic E-state index is 13.3. The van der Waals surface area contributed by atoms with E-state index in [0.29, 0.717) is 32.0 Å². The molecule has 1 saturated heterocycles. The first kappa shape index (κ1) is 34.4. The molecule has 0 spiro atoms. The smallest absolute Gasteiger partial charge is 0.320 e. The van der Waals surface area contributed by atoms with Crippen LogP contribution in [0.1, 0.15) is 108 Å². The number of hydrogen-bond acceptors (Lipinski definition) is 7. The first-order chi connectivity index (χ1) is 20.9. The van der Waals surface area contributed by atoms with Crippen LogP contribution in [-0.2, 0) is 28.6 Å². The van der Waals surface area contributed by atoms with Crippen LogP contribution in [-0.4, -0.2) is 61.0 Å². The molecule has 3 saturated carbocycles. The van der Waals surface area contributed by atoms with Crippen LogP contribution in [0.3, 0.4) is 0 Å². The Morgan fingerprint density at radius 1 is 1.00 bits per heavy atom. The number of nitrogens with one attached hydrogen (secondary N) is 1. The zero-order valence-corrected chi connectivity index (χ0v) is 29.5. The third-order valence-corrected chi connectivity index (χ3v) is 14.3. The summed E-state index contributed by atoms with van der Waals surface area (Å²) in [5.41, 5.74) is -0.418. The van der Waals surface area contributed by atoms with Crippen molar-refractivity contribution in [2.75, 3.05) is 19.8 Å². The molecule has 0 aromatic heterocycles. The predicted octanol–water partition coefficient (Wildman–Crippen LogP) is 6.42. The highest BCUT2D eigenvalue weighted by atomic mass is 16.6. The molecule has 0 amide bonds. The molecule has 45 heavy (non-hydrogen) atoms. The molecule has 1 aliphatic heterocycles. The summed E-state index contributed by atoms with van der Waals surface area (Å²) < 4.78 is 18.7. The minimum Gasteiger partial charge on any atom is -0.481 e. The quantitative estimate of drug-likeness (QED) is 0.234. The molecule has 4 aliphatic carbocycles. The SMILES string of the molecule is CC(=O)O[C@@H]1C[C@]23COC[C@@](C)([C@@H]2CC[C@H]2C3=CC[C@@]3(C)[C@H](C(=O)O)[C@@](C)([C@H](C)C(C)C)CC[C@]23C)[C@H]1OC(=O)CNC(C)C. The zero-order valence-electron chi connectivity index (χ0n) is 29.5. The topological polar surface area (TPSA) is 111 Å². The molecule has 2 N–H and O–H groups in total. The van der Waals surface area contributed by atoms with Gasteiger partial charge in [0, 0.05) is 23.8 Å². The first-order valence-corrected chi connectivity index (χ1v) is 17.5. The van der Waals surface area contributed by atoms with Gasteiger partial charge in [-0.1, -0.05) is 74.0 Å². The predicted molar refractivity (Wildman–Crippen MR) is 172 cm³/mol. The van der Waals surface area contributed by atoms with E-state index in [1.54, 1.807) is 0 Å². The molecule has 1 heterocycles. The highest BCUT2D eigenvalue weighted by molar-refractivity contribution is 5.73. The van der Waals surface area contributed by atoms with E-state index >= 15 is 0 Å². The number of carbonyl (C=O) groups excluding carboxylic acids is 2. The van der Waals surface area contributed by atoms with Crippen molar-refractivity contribution in [2.24, 2.45) is 56.7 Å². The van der Waals surface area contributed by atoms with Crippen LogP contribution < -0.4 is 5.32 Å². The fourth-order valence-corrected chi connectivity index (χ4v) is 11.6. The summed E-state index contributed by atoms with van der Waals surface area (Å²) >= 11 is 0. The number of esters is 2. The third-order valence-electron chi connectivity index (χ3n) is 14.3. The maximum Gasteiger partial charge on any atom is 0.320 e. The van der Waals surface area contributed by atoms with Gasteiger partial charge in [-0.15, -0.1) is 0 Å². The average Bonchev–Trinajstić information content (AvgIpc) is 2.93. The van der Waals surface area contributed by atoms with E-state index in [1.807, 2.05) is 13.8 Å². The van der Waals surface area contributed by atoms with Crippen molar-refractivity contribution in [3.8, 4) is 0 Å². The number of carbonyl (C=O) groups is 3. The highest BCUT2D eigenvalue weighted by Gasteiger charge is 2.72. The molecule has 11 atom stereocenters. The Bertz CT molecular complexity index is 1230. The summed E-state index contributed by atoms with van der Waals surface area (Å²) in [5.74, 6) is -0.753.